The zero-order chi connectivity index (χ0) is 23.9. The molecule has 0 saturated carbocycles. The van der Waals surface area contributed by atoms with Crippen molar-refractivity contribution in [1.29, 1.82) is 0 Å². The minimum atomic E-state index is -3.46. The average molecular weight is 494 g/mol. The largest absolute Gasteiger partial charge is 0.478 e. The Kier molecular flexibility index (Phi) is 5.89. The molecular formula is C22H18ClF2N3O4S. The molecule has 0 unspecified atom stereocenters. The molecule has 33 heavy (non-hydrogen) atoms. The van der Waals surface area contributed by atoms with Gasteiger partial charge in [0.05, 0.1) is 22.9 Å². The number of sulfonamides is 1. The summed E-state index contributed by atoms with van der Waals surface area (Å²) in [5.41, 5.74) is 7.67. The van der Waals surface area contributed by atoms with E-state index >= 15 is 0 Å². The van der Waals surface area contributed by atoms with Crippen molar-refractivity contribution in [2.24, 2.45) is 0 Å². The second-order valence-corrected chi connectivity index (χ2v) is 9.46. The van der Waals surface area contributed by atoms with Crippen LogP contribution in [-0.4, -0.2) is 19.7 Å². The van der Waals surface area contributed by atoms with Crippen molar-refractivity contribution in [3.63, 3.8) is 0 Å². The summed E-state index contributed by atoms with van der Waals surface area (Å²) in [4.78, 5) is 4.14. The Morgan fingerprint density at radius 3 is 2.67 bits per heavy atom. The minimum absolute atomic E-state index is 0.0179. The Morgan fingerprint density at radius 2 is 1.94 bits per heavy atom. The van der Waals surface area contributed by atoms with Gasteiger partial charge in [-0.05, 0) is 36.8 Å². The van der Waals surface area contributed by atoms with E-state index in [1.807, 2.05) is 0 Å². The molecule has 2 aromatic heterocycles. The maximum Gasteiger partial charge on any atom is 0.229 e. The maximum atomic E-state index is 14.3. The Bertz CT molecular complexity index is 1470. The van der Waals surface area contributed by atoms with Gasteiger partial charge in [0.25, 0.3) is 0 Å². The summed E-state index contributed by atoms with van der Waals surface area (Å²) in [6.07, 6.45) is 2.96. The first kappa shape index (κ1) is 22.8. The van der Waals surface area contributed by atoms with Crippen LogP contribution in [0, 0.1) is 11.6 Å². The summed E-state index contributed by atoms with van der Waals surface area (Å²) in [7, 11) is -3.46. The highest BCUT2D eigenvalue weighted by Crippen LogP contribution is 2.41. The number of halogens is 3. The summed E-state index contributed by atoms with van der Waals surface area (Å²) in [6.45, 7) is 1.49. The van der Waals surface area contributed by atoms with E-state index in [0.717, 1.165) is 18.4 Å². The van der Waals surface area contributed by atoms with E-state index < -0.39 is 32.8 Å². The van der Waals surface area contributed by atoms with E-state index in [-0.39, 0.29) is 22.7 Å². The lowest BCUT2D eigenvalue weighted by Crippen LogP contribution is -2.09. The molecule has 0 radical (unpaired) electrons. The highest BCUT2D eigenvalue weighted by atomic mass is 35.5. The fraction of sp³-hybridized carbons (Fsp3) is 0.136. The molecule has 0 aliphatic rings. The highest BCUT2D eigenvalue weighted by molar-refractivity contribution is 7.92. The molecule has 2 aromatic carbocycles. The Hall–Kier alpha value is -3.37. The van der Waals surface area contributed by atoms with Crippen LogP contribution < -0.4 is 15.2 Å². The number of nitrogens with zero attached hydrogens (tertiary/aromatic N) is 1. The minimum Gasteiger partial charge on any atom is -0.478 e. The summed E-state index contributed by atoms with van der Waals surface area (Å²) in [6, 6.07) is 8.57. The normalized spacial score (nSPS) is 12.6. The van der Waals surface area contributed by atoms with Gasteiger partial charge in [0.1, 0.15) is 17.7 Å². The molecule has 1 atom stereocenters. The van der Waals surface area contributed by atoms with Crippen LogP contribution in [0.3, 0.4) is 0 Å². The molecular weight excluding hydrogens is 476 g/mol. The lowest BCUT2D eigenvalue weighted by atomic mass is 10.1. The van der Waals surface area contributed by atoms with Crippen LogP contribution in [0.25, 0.3) is 22.1 Å². The van der Waals surface area contributed by atoms with E-state index in [1.165, 1.54) is 19.4 Å². The van der Waals surface area contributed by atoms with Crippen molar-refractivity contribution in [3.05, 3.63) is 71.1 Å². The third kappa shape index (κ3) is 4.57. The predicted octanol–water partition coefficient (Wildman–Crippen LogP) is 5.52. The first-order valence-electron chi connectivity index (χ1n) is 9.59. The molecule has 2 heterocycles. The second kappa shape index (κ2) is 8.53. The number of nitrogens with two attached hydrogens (primary N) is 1. The van der Waals surface area contributed by atoms with Crippen molar-refractivity contribution in [2.75, 3.05) is 16.7 Å². The van der Waals surface area contributed by atoms with E-state index in [0.29, 0.717) is 22.2 Å². The van der Waals surface area contributed by atoms with Crippen molar-refractivity contribution < 1.29 is 26.4 Å². The number of anilines is 2. The Labute approximate surface area is 193 Å². The summed E-state index contributed by atoms with van der Waals surface area (Å²) in [5, 5.41) is 0.130. The van der Waals surface area contributed by atoms with Crippen molar-refractivity contribution in [2.45, 2.75) is 13.0 Å². The van der Waals surface area contributed by atoms with Gasteiger partial charge in [-0.2, -0.15) is 0 Å². The predicted molar refractivity (Wildman–Crippen MR) is 123 cm³/mol. The average Bonchev–Trinajstić information content (AvgIpc) is 3.16. The highest BCUT2D eigenvalue weighted by Gasteiger charge is 2.24. The summed E-state index contributed by atoms with van der Waals surface area (Å²) >= 11 is 5.95. The van der Waals surface area contributed by atoms with Crippen LogP contribution in [0.15, 0.2) is 53.3 Å². The van der Waals surface area contributed by atoms with Gasteiger partial charge in [-0.3, -0.25) is 4.72 Å². The topological polar surface area (TPSA) is 107 Å². The zero-order valence-electron chi connectivity index (χ0n) is 17.4. The zero-order valence-corrected chi connectivity index (χ0v) is 19.0. The van der Waals surface area contributed by atoms with E-state index in [9.17, 15) is 17.2 Å². The molecule has 4 aromatic rings. The van der Waals surface area contributed by atoms with E-state index in [2.05, 4.69) is 9.71 Å². The lowest BCUT2D eigenvalue weighted by molar-refractivity contribution is 0.221. The smallest absolute Gasteiger partial charge is 0.229 e. The summed E-state index contributed by atoms with van der Waals surface area (Å²) in [5.74, 6) is -1.49. The van der Waals surface area contributed by atoms with Gasteiger partial charge < -0.3 is 14.9 Å². The molecule has 3 N–H and O–H groups in total. The molecule has 0 amide bonds. The fourth-order valence-electron chi connectivity index (χ4n) is 3.43. The monoisotopic (exact) mass is 493 g/mol. The molecule has 4 rings (SSSR count). The number of furan rings is 1. The van der Waals surface area contributed by atoms with Crippen LogP contribution in [0.1, 0.15) is 18.6 Å². The van der Waals surface area contributed by atoms with Gasteiger partial charge in [0.15, 0.2) is 11.4 Å². The number of nitrogen functional groups attached to an aromatic ring is 1. The summed E-state index contributed by atoms with van der Waals surface area (Å²) < 4.78 is 65.2. The van der Waals surface area contributed by atoms with Crippen LogP contribution in [0.4, 0.5) is 20.3 Å². The molecule has 0 spiro atoms. The van der Waals surface area contributed by atoms with Crippen molar-refractivity contribution in [3.8, 4) is 16.9 Å². The first-order valence-corrected chi connectivity index (χ1v) is 11.9. The molecule has 11 heteroatoms. The molecule has 0 aliphatic heterocycles. The number of rotatable bonds is 6. The number of aromatic nitrogens is 1. The maximum absolute atomic E-state index is 14.3. The number of benzene rings is 2. The number of nitrogens with one attached hydrogen (secondary N) is 1. The standard InChI is InChI=1S/C22H18ClF2N3O4S/c1-11(18-16(24)6-7-17(25)19(18)23)32-21-20-14(9-27-22(21)26)15(10-31-20)12-4-3-5-13(8-12)28-33(2,29)30/h3-11,28H,1-2H3,(H2,26,27)/t11-/m1/s1. The van der Waals surface area contributed by atoms with Gasteiger partial charge in [0, 0.05) is 23.0 Å². The quantitative estimate of drug-likeness (QED) is 0.342. The number of ether oxygens (including phenoxy) is 1. The number of hydrogen-bond acceptors (Lipinski definition) is 6. The van der Waals surface area contributed by atoms with Gasteiger partial charge in [-0.1, -0.05) is 23.7 Å². The van der Waals surface area contributed by atoms with E-state index in [4.69, 9.17) is 26.5 Å². The van der Waals surface area contributed by atoms with Gasteiger partial charge in [0.2, 0.25) is 15.8 Å². The van der Waals surface area contributed by atoms with Crippen LogP contribution in [0.5, 0.6) is 5.75 Å². The Morgan fingerprint density at radius 1 is 1.21 bits per heavy atom. The SMILES string of the molecule is C[C@@H](Oc1c(N)ncc2c(-c3cccc(NS(C)(=O)=O)c3)coc12)c1c(F)ccc(F)c1Cl. The molecule has 7 nitrogen and oxygen atoms in total. The van der Waals surface area contributed by atoms with Gasteiger partial charge in [-0.25, -0.2) is 22.2 Å². The molecule has 0 saturated heterocycles. The van der Waals surface area contributed by atoms with Crippen LogP contribution in [0.2, 0.25) is 5.02 Å². The van der Waals surface area contributed by atoms with Crippen molar-refractivity contribution in [1.82, 2.24) is 4.98 Å². The Balaban J connectivity index is 1.75. The van der Waals surface area contributed by atoms with Gasteiger partial charge >= 0.3 is 0 Å². The third-order valence-electron chi connectivity index (χ3n) is 4.86. The number of hydrogen-bond donors (Lipinski definition) is 2. The first-order chi connectivity index (χ1) is 15.5. The molecule has 0 fully saturated rings. The van der Waals surface area contributed by atoms with Crippen LogP contribution in [-0.2, 0) is 10.0 Å². The second-order valence-electron chi connectivity index (χ2n) is 7.34. The number of fused-ring (bicyclic) bond motifs is 1. The number of pyridine rings is 1. The van der Waals surface area contributed by atoms with E-state index in [1.54, 1.807) is 24.3 Å². The van der Waals surface area contributed by atoms with Crippen molar-refractivity contribution >= 4 is 44.1 Å². The molecule has 172 valence electrons. The third-order valence-corrected chi connectivity index (χ3v) is 5.85. The fourth-order valence-corrected chi connectivity index (χ4v) is 4.30. The lowest BCUT2D eigenvalue weighted by Gasteiger charge is -2.18. The van der Waals surface area contributed by atoms with Crippen LogP contribution >= 0.6 is 11.6 Å². The van der Waals surface area contributed by atoms with Gasteiger partial charge in [-0.15, -0.1) is 0 Å². The molecule has 0 bridgehead atoms. The molecule has 0 aliphatic carbocycles.